The third-order valence-corrected chi connectivity index (χ3v) is 3.83. The minimum absolute atomic E-state index is 0.124. The molecule has 1 aromatic rings. The molecule has 0 saturated heterocycles. The Balaban J connectivity index is 2.31. The SMILES string of the molecule is CCOC(=O)CC1(NC)CCc2ccc(C)cc21. The molecule has 0 radical (unpaired) electrons. The number of esters is 1. The number of rotatable bonds is 4. The Hall–Kier alpha value is -1.35. The lowest BCUT2D eigenvalue weighted by Crippen LogP contribution is -2.40. The molecule has 3 nitrogen and oxygen atoms in total. The first-order valence-electron chi connectivity index (χ1n) is 6.56. The van der Waals surface area contributed by atoms with Crippen LogP contribution in [0, 0.1) is 6.92 Å². The van der Waals surface area contributed by atoms with Crippen molar-refractivity contribution in [3.63, 3.8) is 0 Å². The van der Waals surface area contributed by atoms with E-state index in [0.29, 0.717) is 13.0 Å². The van der Waals surface area contributed by atoms with Crippen LogP contribution in [0.5, 0.6) is 0 Å². The van der Waals surface area contributed by atoms with Gasteiger partial charge in [-0.25, -0.2) is 0 Å². The van der Waals surface area contributed by atoms with E-state index in [1.807, 2.05) is 14.0 Å². The number of benzene rings is 1. The molecule has 0 saturated carbocycles. The van der Waals surface area contributed by atoms with Gasteiger partial charge in [-0.3, -0.25) is 4.79 Å². The third-order valence-electron chi connectivity index (χ3n) is 3.83. The van der Waals surface area contributed by atoms with Crippen LogP contribution in [0.15, 0.2) is 18.2 Å². The predicted octanol–water partition coefficient (Wildman–Crippen LogP) is 2.31. The second kappa shape index (κ2) is 5.11. The average molecular weight is 247 g/mol. The first kappa shape index (κ1) is 13.1. The molecule has 1 N–H and O–H groups in total. The summed E-state index contributed by atoms with van der Waals surface area (Å²) in [5, 5.41) is 3.35. The smallest absolute Gasteiger partial charge is 0.308 e. The first-order chi connectivity index (χ1) is 8.61. The molecule has 0 heterocycles. The lowest BCUT2D eigenvalue weighted by Gasteiger charge is -2.29. The number of nitrogens with one attached hydrogen (secondary N) is 1. The van der Waals surface area contributed by atoms with Gasteiger partial charge in [-0.1, -0.05) is 23.8 Å². The molecule has 1 aliphatic rings. The molecule has 0 fully saturated rings. The van der Waals surface area contributed by atoms with Gasteiger partial charge in [0.15, 0.2) is 0 Å². The van der Waals surface area contributed by atoms with Gasteiger partial charge in [0, 0.05) is 0 Å². The van der Waals surface area contributed by atoms with Crippen molar-refractivity contribution in [1.29, 1.82) is 0 Å². The van der Waals surface area contributed by atoms with E-state index in [0.717, 1.165) is 12.8 Å². The van der Waals surface area contributed by atoms with E-state index in [9.17, 15) is 4.79 Å². The zero-order chi connectivity index (χ0) is 13.2. The van der Waals surface area contributed by atoms with Gasteiger partial charge >= 0.3 is 5.97 Å². The minimum atomic E-state index is -0.242. The molecule has 1 aliphatic carbocycles. The predicted molar refractivity (Wildman–Crippen MR) is 71.5 cm³/mol. The lowest BCUT2D eigenvalue weighted by atomic mass is 9.87. The maximum Gasteiger partial charge on any atom is 0.308 e. The molecule has 0 bridgehead atoms. The fourth-order valence-electron chi connectivity index (χ4n) is 2.83. The van der Waals surface area contributed by atoms with E-state index < -0.39 is 0 Å². The van der Waals surface area contributed by atoms with Crippen LogP contribution in [0.4, 0.5) is 0 Å². The largest absolute Gasteiger partial charge is 0.466 e. The fourth-order valence-corrected chi connectivity index (χ4v) is 2.83. The average Bonchev–Trinajstić information content (AvgIpc) is 2.69. The van der Waals surface area contributed by atoms with Crippen LogP contribution >= 0.6 is 0 Å². The van der Waals surface area contributed by atoms with Crippen LogP contribution in [-0.2, 0) is 21.5 Å². The number of hydrogen-bond acceptors (Lipinski definition) is 3. The summed E-state index contributed by atoms with van der Waals surface area (Å²) < 4.78 is 5.10. The fraction of sp³-hybridized carbons (Fsp3) is 0.533. The van der Waals surface area contributed by atoms with Crippen LogP contribution in [0.2, 0.25) is 0 Å². The Morgan fingerprint density at radius 2 is 2.28 bits per heavy atom. The molecule has 0 aromatic heterocycles. The summed E-state index contributed by atoms with van der Waals surface area (Å²) in [6.45, 7) is 4.37. The summed E-state index contributed by atoms with van der Waals surface area (Å²) in [5.74, 6) is -0.124. The number of ether oxygens (including phenoxy) is 1. The number of carbonyl (C=O) groups is 1. The van der Waals surface area contributed by atoms with Crippen molar-refractivity contribution in [2.75, 3.05) is 13.7 Å². The van der Waals surface area contributed by atoms with Crippen molar-refractivity contribution in [2.24, 2.45) is 0 Å². The zero-order valence-corrected chi connectivity index (χ0v) is 11.4. The second-order valence-electron chi connectivity index (χ2n) is 4.97. The molecule has 98 valence electrons. The van der Waals surface area contributed by atoms with Gasteiger partial charge < -0.3 is 10.1 Å². The number of fused-ring (bicyclic) bond motifs is 1. The summed E-state index contributed by atoms with van der Waals surface area (Å²) >= 11 is 0. The highest BCUT2D eigenvalue weighted by Gasteiger charge is 2.39. The van der Waals surface area contributed by atoms with Gasteiger partial charge in [0.1, 0.15) is 0 Å². The molecule has 1 unspecified atom stereocenters. The zero-order valence-electron chi connectivity index (χ0n) is 11.4. The Morgan fingerprint density at radius 3 is 2.94 bits per heavy atom. The van der Waals surface area contributed by atoms with Crippen molar-refractivity contribution in [2.45, 2.75) is 38.6 Å². The van der Waals surface area contributed by atoms with E-state index in [1.165, 1.54) is 16.7 Å². The van der Waals surface area contributed by atoms with E-state index in [1.54, 1.807) is 0 Å². The van der Waals surface area contributed by atoms with Crippen molar-refractivity contribution < 1.29 is 9.53 Å². The summed E-state index contributed by atoms with van der Waals surface area (Å²) in [6, 6.07) is 6.50. The maximum absolute atomic E-state index is 11.8. The van der Waals surface area contributed by atoms with Crippen molar-refractivity contribution >= 4 is 5.97 Å². The van der Waals surface area contributed by atoms with Crippen LogP contribution in [0.3, 0.4) is 0 Å². The van der Waals surface area contributed by atoms with E-state index in [4.69, 9.17) is 4.74 Å². The standard InChI is InChI=1S/C15H21NO2/c1-4-18-14(17)10-15(16-3)8-7-12-6-5-11(2)9-13(12)15/h5-6,9,16H,4,7-8,10H2,1-3H3. The Labute approximate surface area is 109 Å². The Morgan fingerprint density at radius 1 is 1.50 bits per heavy atom. The summed E-state index contributed by atoms with van der Waals surface area (Å²) in [5.41, 5.74) is 3.60. The van der Waals surface area contributed by atoms with Gasteiger partial charge in [0.05, 0.1) is 18.6 Å². The van der Waals surface area contributed by atoms with Gasteiger partial charge in [-0.05, 0) is 44.9 Å². The van der Waals surface area contributed by atoms with Crippen LogP contribution < -0.4 is 5.32 Å². The highest BCUT2D eigenvalue weighted by molar-refractivity contribution is 5.72. The number of aryl methyl sites for hydroxylation is 2. The molecule has 0 spiro atoms. The van der Waals surface area contributed by atoms with Gasteiger partial charge in [-0.15, -0.1) is 0 Å². The van der Waals surface area contributed by atoms with Crippen molar-refractivity contribution in [1.82, 2.24) is 5.32 Å². The van der Waals surface area contributed by atoms with Crippen molar-refractivity contribution in [3.8, 4) is 0 Å². The quantitative estimate of drug-likeness (QED) is 0.830. The maximum atomic E-state index is 11.8. The molecule has 1 aromatic carbocycles. The third kappa shape index (κ3) is 2.27. The highest BCUT2D eigenvalue weighted by Crippen LogP contribution is 2.39. The van der Waals surface area contributed by atoms with Crippen LogP contribution in [0.25, 0.3) is 0 Å². The topological polar surface area (TPSA) is 38.3 Å². The lowest BCUT2D eigenvalue weighted by molar-refractivity contribution is -0.145. The van der Waals surface area contributed by atoms with Gasteiger partial charge in [-0.2, -0.15) is 0 Å². The summed E-state index contributed by atoms with van der Waals surface area (Å²) in [6.07, 6.45) is 2.39. The Bertz CT molecular complexity index is 456. The van der Waals surface area contributed by atoms with Gasteiger partial charge in [0.2, 0.25) is 0 Å². The first-order valence-corrected chi connectivity index (χ1v) is 6.56. The molecular weight excluding hydrogens is 226 g/mol. The van der Waals surface area contributed by atoms with E-state index in [2.05, 4.69) is 30.4 Å². The molecule has 1 atom stereocenters. The van der Waals surface area contributed by atoms with E-state index in [-0.39, 0.29) is 11.5 Å². The monoisotopic (exact) mass is 247 g/mol. The highest BCUT2D eigenvalue weighted by atomic mass is 16.5. The molecule has 0 amide bonds. The van der Waals surface area contributed by atoms with E-state index >= 15 is 0 Å². The molecule has 18 heavy (non-hydrogen) atoms. The van der Waals surface area contributed by atoms with Crippen LogP contribution in [0.1, 0.15) is 36.5 Å². The van der Waals surface area contributed by atoms with Crippen LogP contribution in [-0.4, -0.2) is 19.6 Å². The van der Waals surface area contributed by atoms with Gasteiger partial charge in [0.25, 0.3) is 0 Å². The second-order valence-corrected chi connectivity index (χ2v) is 4.97. The minimum Gasteiger partial charge on any atom is -0.466 e. The summed E-state index contributed by atoms with van der Waals surface area (Å²) in [4.78, 5) is 11.8. The number of carbonyl (C=O) groups excluding carboxylic acids is 1. The Kier molecular flexibility index (Phi) is 3.71. The van der Waals surface area contributed by atoms with Crippen molar-refractivity contribution in [3.05, 3.63) is 34.9 Å². The number of hydrogen-bond donors (Lipinski definition) is 1. The molecule has 2 rings (SSSR count). The molecule has 0 aliphatic heterocycles. The summed E-state index contributed by atoms with van der Waals surface area (Å²) in [7, 11) is 1.93. The molecular formula is C15H21NO2. The normalized spacial score (nSPS) is 21.7. The molecule has 3 heteroatoms.